The zero-order chi connectivity index (χ0) is 22.0. The van der Waals surface area contributed by atoms with Gasteiger partial charge in [0, 0.05) is 44.6 Å². The highest BCUT2D eigenvalue weighted by Gasteiger charge is 2.33. The minimum Gasteiger partial charge on any atom is -0.497 e. The van der Waals surface area contributed by atoms with E-state index in [9.17, 15) is 8.42 Å². The Hall–Kier alpha value is -2.23. The predicted octanol–water partition coefficient (Wildman–Crippen LogP) is 2.01. The molecule has 0 spiro atoms. The Kier molecular flexibility index (Phi) is 6.45. The fraction of sp³-hybridized carbons (Fsp3) is 0.545. The van der Waals surface area contributed by atoms with Crippen LogP contribution in [0.1, 0.15) is 36.5 Å². The molecule has 1 saturated heterocycles. The number of rotatable bonds is 6. The number of sulfonamides is 1. The molecule has 0 bridgehead atoms. The Bertz CT molecular complexity index is 1040. The summed E-state index contributed by atoms with van der Waals surface area (Å²) in [6.45, 7) is 6.96. The number of fused-ring (bicyclic) bond motifs is 1. The van der Waals surface area contributed by atoms with Gasteiger partial charge in [0.25, 0.3) is 0 Å². The van der Waals surface area contributed by atoms with Gasteiger partial charge in [0.05, 0.1) is 31.3 Å². The molecule has 31 heavy (non-hydrogen) atoms. The lowest BCUT2D eigenvalue weighted by Crippen LogP contribution is -2.43. The lowest BCUT2D eigenvalue weighted by molar-refractivity contribution is 0.122. The molecule has 1 aromatic heterocycles. The van der Waals surface area contributed by atoms with Gasteiger partial charge in [-0.05, 0) is 31.5 Å². The lowest BCUT2D eigenvalue weighted by Gasteiger charge is -2.34. The number of hydrogen-bond donors (Lipinski definition) is 0. The van der Waals surface area contributed by atoms with Crippen molar-refractivity contribution in [2.75, 3.05) is 44.9 Å². The van der Waals surface area contributed by atoms with Crippen molar-refractivity contribution in [2.24, 2.45) is 0 Å². The molecule has 168 valence electrons. The van der Waals surface area contributed by atoms with Crippen LogP contribution in [-0.4, -0.2) is 67.9 Å². The molecule has 2 aromatic rings. The van der Waals surface area contributed by atoms with Gasteiger partial charge in [-0.2, -0.15) is 4.31 Å². The molecule has 8 nitrogen and oxygen atoms in total. The molecule has 0 N–H and O–H groups in total. The van der Waals surface area contributed by atoms with Gasteiger partial charge in [-0.25, -0.2) is 18.4 Å². The second kappa shape index (κ2) is 9.10. The van der Waals surface area contributed by atoms with E-state index in [-0.39, 0.29) is 0 Å². The third-order valence-electron chi connectivity index (χ3n) is 5.81. The topological polar surface area (TPSA) is 84.9 Å². The minimum atomic E-state index is -3.34. The van der Waals surface area contributed by atoms with Crippen molar-refractivity contribution >= 4 is 15.8 Å². The molecule has 3 heterocycles. The minimum absolute atomic E-state index is 0.321. The van der Waals surface area contributed by atoms with Crippen LogP contribution in [0.3, 0.4) is 0 Å². The second-order valence-corrected chi connectivity index (χ2v) is 10.7. The van der Waals surface area contributed by atoms with E-state index in [4.69, 9.17) is 19.4 Å². The summed E-state index contributed by atoms with van der Waals surface area (Å²) in [4.78, 5) is 12.0. The number of benzene rings is 1. The Morgan fingerprint density at radius 1 is 1.16 bits per heavy atom. The average molecular weight is 447 g/mol. The third-order valence-corrected chi connectivity index (χ3v) is 8.04. The van der Waals surface area contributed by atoms with Gasteiger partial charge in [-0.15, -0.1) is 0 Å². The van der Waals surface area contributed by atoms with Gasteiger partial charge in [-0.1, -0.05) is 12.1 Å². The molecule has 9 heteroatoms. The van der Waals surface area contributed by atoms with Crippen LogP contribution >= 0.6 is 0 Å². The molecule has 0 atom stereocenters. The fourth-order valence-corrected chi connectivity index (χ4v) is 5.27. The van der Waals surface area contributed by atoms with E-state index in [1.165, 1.54) is 0 Å². The van der Waals surface area contributed by atoms with Crippen LogP contribution in [0.2, 0.25) is 0 Å². The molecule has 2 aliphatic rings. The van der Waals surface area contributed by atoms with E-state index in [1.807, 2.05) is 24.3 Å². The summed E-state index contributed by atoms with van der Waals surface area (Å²) in [7, 11) is -1.68. The first-order valence-electron chi connectivity index (χ1n) is 10.7. The van der Waals surface area contributed by atoms with Crippen molar-refractivity contribution < 1.29 is 17.9 Å². The van der Waals surface area contributed by atoms with Crippen molar-refractivity contribution in [3.05, 3.63) is 46.9 Å². The zero-order valence-corrected chi connectivity index (χ0v) is 19.2. The highest BCUT2D eigenvalue weighted by molar-refractivity contribution is 7.89. The van der Waals surface area contributed by atoms with E-state index in [1.54, 1.807) is 25.3 Å². The highest BCUT2D eigenvalue weighted by Crippen LogP contribution is 2.30. The number of nitrogens with zero attached hydrogens (tertiary/aromatic N) is 4. The largest absolute Gasteiger partial charge is 0.497 e. The molecule has 1 fully saturated rings. The fourth-order valence-electron chi connectivity index (χ4n) is 4.02. The Labute approximate surface area is 184 Å². The van der Waals surface area contributed by atoms with Gasteiger partial charge in [0.15, 0.2) is 0 Å². The lowest BCUT2D eigenvalue weighted by atomic mass is 10.1. The molecular weight excluding hydrogens is 416 g/mol. The summed E-state index contributed by atoms with van der Waals surface area (Å²) >= 11 is 0. The zero-order valence-electron chi connectivity index (χ0n) is 18.4. The molecule has 4 rings (SSSR count). The molecule has 0 aliphatic carbocycles. The normalized spacial score (nSPS) is 17.6. The first kappa shape index (κ1) is 22.0. The van der Waals surface area contributed by atoms with Crippen molar-refractivity contribution in [3.8, 4) is 5.75 Å². The van der Waals surface area contributed by atoms with Crippen LogP contribution in [0.4, 0.5) is 5.82 Å². The number of methoxy groups -OCH3 is 1. The van der Waals surface area contributed by atoms with Crippen LogP contribution in [0.15, 0.2) is 24.3 Å². The summed E-state index contributed by atoms with van der Waals surface area (Å²) in [6.07, 6.45) is 1.18. The van der Waals surface area contributed by atoms with Gasteiger partial charge in [0.1, 0.15) is 17.4 Å². The summed E-state index contributed by atoms with van der Waals surface area (Å²) in [5.41, 5.74) is 2.95. The predicted molar refractivity (Wildman–Crippen MR) is 119 cm³/mol. The van der Waals surface area contributed by atoms with E-state index >= 15 is 0 Å². The van der Waals surface area contributed by atoms with Crippen LogP contribution in [0.5, 0.6) is 5.75 Å². The van der Waals surface area contributed by atoms with Crippen LogP contribution < -0.4 is 9.64 Å². The molecule has 0 radical (unpaired) electrons. The maximum absolute atomic E-state index is 12.8. The number of anilines is 1. The molecule has 2 aliphatic heterocycles. The van der Waals surface area contributed by atoms with E-state index in [0.29, 0.717) is 39.1 Å². The van der Waals surface area contributed by atoms with Crippen LogP contribution in [-0.2, 0) is 34.1 Å². The van der Waals surface area contributed by atoms with Crippen molar-refractivity contribution in [1.82, 2.24) is 14.3 Å². The summed E-state index contributed by atoms with van der Waals surface area (Å²) in [5.74, 6) is 2.39. The van der Waals surface area contributed by atoms with Gasteiger partial charge < -0.3 is 14.4 Å². The molecule has 1 aromatic carbocycles. The van der Waals surface area contributed by atoms with Gasteiger partial charge in [-0.3, -0.25) is 0 Å². The summed E-state index contributed by atoms with van der Waals surface area (Å²) < 4.78 is 38.0. The Balaban J connectivity index is 1.70. The van der Waals surface area contributed by atoms with E-state index in [2.05, 4.69) is 4.90 Å². The molecular formula is C22H30N4O4S. The first-order chi connectivity index (χ1) is 14.9. The van der Waals surface area contributed by atoms with E-state index < -0.39 is 15.3 Å². The van der Waals surface area contributed by atoms with Crippen molar-refractivity contribution in [3.63, 3.8) is 0 Å². The van der Waals surface area contributed by atoms with Gasteiger partial charge >= 0.3 is 0 Å². The number of morpholine rings is 1. The quantitative estimate of drug-likeness (QED) is 0.671. The maximum atomic E-state index is 12.8. The third kappa shape index (κ3) is 4.68. The smallest absolute Gasteiger partial charge is 0.216 e. The van der Waals surface area contributed by atoms with E-state index in [0.717, 1.165) is 47.3 Å². The monoisotopic (exact) mass is 446 g/mol. The first-order valence-corrected chi connectivity index (χ1v) is 12.2. The Morgan fingerprint density at radius 3 is 2.65 bits per heavy atom. The highest BCUT2D eigenvalue weighted by atomic mass is 32.2. The molecule has 0 unspecified atom stereocenters. The summed E-state index contributed by atoms with van der Waals surface area (Å²) in [5, 5.41) is -0.450. The number of hydrogen-bond acceptors (Lipinski definition) is 7. The van der Waals surface area contributed by atoms with Crippen LogP contribution in [0.25, 0.3) is 0 Å². The van der Waals surface area contributed by atoms with Crippen LogP contribution in [0, 0.1) is 0 Å². The number of aromatic nitrogens is 2. The number of ether oxygens (including phenoxy) is 2. The Morgan fingerprint density at radius 2 is 1.94 bits per heavy atom. The summed E-state index contributed by atoms with van der Waals surface area (Å²) in [6, 6.07) is 7.91. The average Bonchev–Trinajstić information content (AvgIpc) is 2.78. The molecule has 0 saturated carbocycles. The van der Waals surface area contributed by atoms with Gasteiger partial charge in [0.2, 0.25) is 10.0 Å². The van der Waals surface area contributed by atoms with Crippen molar-refractivity contribution in [1.29, 1.82) is 0 Å². The maximum Gasteiger partial charge on any atom is 0.216 e. The molecule has 0 amide bonds. The SMILES string of the molecule is COc1cccc(Cc2nc3c(c(N4CCOCC4)n2)CN(S(=O)(=O)C(C)C)CC3)c1. The standard InChI is InChI=1S/C22H30N4O4S/c1-16(2)31(27,28)26-8-7-20-19(15-26)22(25-9-11-30-12-10-25)24-21(23-20)14-17-5-4-6-18(13-17)29-3/h4-6,13,16H,7-12,14-15H2,1-3H3. The van der Waals surface area contributed by atoms with Crippen molar-refractivity contribution in [2.45, 2.75) is 38.5 Å². The second-order valence-electron chi connectivity index (χ2n) is 8.19.